The summed E-state index contributed by atoms with van der Waals surface area (Å²) in [7, 11) is 1.80. The van der Waals surface area contributed by atoms with Gasteiger partial charge >= 0.3 is 0 Å². The van der Waals surface area contributed by atoms with Gasteiger partial charge in [0.25, 0.3) is 0 Å². The molecule has 0 saturated heterocycles. The molecule has 1 aliphatic rings. The Morgan fingerprint density at radius 1 is 1.40 bits per heavy atom. The highest BCUT2D eigenvalue weighted by molar-refractivity contribution is 5.81. The standard InChI is InChI=1S/C16H24N2O2/c1-18(11-13-9-14(19)10-13)16(20)15(17)8-7-12-5-3-2-4-6-12/h2-6,13-15,19H,7-11,17H2,1H3. The van der Waals surface area contributed by atoms with E-state index in [0.29, 0.717) is 18.9 Å². The number of carbonyl (C=O) groups excluding carboxylic acids is 1. The van der Waals surface area contributed by atoms with Gasteiger partial charge in [-0.1, -0.05) is 30.3 Å². The first-order valence-electron chi connectivity index (χ1n) is 7.29. The van der Waals surface area contributed by atoms with E-state index >= 15 is 0 Å². The van der Waals surface area contributed by atoms with Crippen molar-refractivity contribution in [3.63, 3.8) is 0 Å². The average Bonchev–Trinajstić information content (AvgIpc) is 2.43. The first kappa shape index (κ1) is 15.0. The van der Waals surface area contributed by atoms with Crippen LogP contribution in [0.25, 0.3) is 0 Å². The van der Waals surface area contributed by atoms with Gasteiger partial charge in [0.1, 0.15) is 0 Å². The molecule has 3 N–H and O–H groups in total. The van der Waals surface area contributed by atoms with Gasteiger partial charge in [-0.15, -0.1) is 0 Å². The van der Waals surface area contributed by atoms with Gasteiger partial charge in [0.15, 0.2) is 0 Å². The lowest BCUT2D eigenvalue weighted by Gasteiger charge is -2.35. The monoisotopic (exact) mass is 276 g/mol. The number of amides is 1. The van der Waals surface area contributed by atoms with E-state index < -0.39 is 6.04 Å². The number of rotatable bonds is 6. The van der Waals surface area contributed by atoms with E-state index in [9.17, 15) is 9.90 Å². The van der Waals surface area contributed by atoms with Crippen molar-refractivity contribution < 1.29 is 9.90 Å². The zero-order valence-electron chi connectivity index (χ0n) is 12.0. The topological polar surface area (TPSA) is 66.6 Å². The Morgan fingerprint density at radius 2 is 2.05 bits per heavy atom. The molecule has 0 spiro atoms. The highest BCUT2D eigenvalue weighted by Gasteiger charge is 2.30. The summed E-state index contributed by atoms with van der Waals surface area (Å²) in [6, 6.07) is 9.64. The van der Waals surface area contributed by atoms with Crippen LogP contribution in [-0.2, 0) is 11.2 Å². The number of nitrogens with two attached hydrogens (primary N) is 1. The van der Waals surface area contributed by atoms with Crippen molar-refractivity contribution >= 4 is 5.91 Å². The Kier molecular flexibility index (Phi) is 5.15. The van der Waals surface area contributed by atoms with Gasteiger partial charge in [0.2, 0.25) is 5.91 Å². The van der Waals surface area contributed by atoms with Crippen LogP contribution in [0.4, 0.5) is 0 Å². The maximum Gasteiger partial charge on any atom is 0.239 e. The van der Waals surface area contributed by atoms with E-state index in [-0.39, 0.29) is 12.0 Å². The Hall–Kier alpha value is -1.39. The van der Waals surface area contributed by atoms with E-state index in [4.69, 9.17) is 5.73 Å². The summed E-state index contributed by atoms with van der Waals surface area (Å²) in [4.78, 5) is 13.9. The molecule has 0 radical (unpaired) electrons. The van der Waals surface area contributed by atoms with Crippen LogP contribution in [0.5, 0.6) is 0 Å². The SMILES string of the molecule is CN(CC1CC(O)C1)C(=O)C(N)CCc1ccccc1. The number of carbonyl (C=O) groups is 1. The minimum Gasteiger partial charge on any atom is -0.393 e. The van der Waals surface area contributed by atoms with Crippen molar-refractivity contribution in [1.29, 1.82) is 0 Å². The van der Waals surface area contributed by atoms with E-state index in [1.54, 1.807) is 11.9 Å². The lowest BCUT2D eigenvalue weighted by Crippen LogP contribution is -2.46. The van der Waals surface area contributed by atoms with Crippen molar-refractivity contribution in [2.75, 3.05) is 13.6 Å². The molecule has 0 heterocycles. The quantitative estimate of drug-likeness (QED) is 0.820. The van der Waals surface area contributed by atoms with E-state index in [1.165, 1.54) is 5.56 Å². The molecule has 0 bridgehead atoms. The van der Waals surface area contributed by atoms with Crippen molar-refractivity contribution in [3.05, 3.63) is 35.9 Å². The molecule has 1 amide bonds. The number of aryl methyl sites for hydroxylation is 1. The van der Waals surface area contributed by atoms with Gasteiger partial charge in [-0.2, -0.15) is 0 Å². The predicted octanol–water partition coefficient (Wildman–Crippen LogP) is 1.18. The van der Waals surface area contributed by atoms with E-state index in [0.717, 1.165) is 19.3 Å². The van der Waals surface area contributed by atoms with Crippen LogP contribution in [0.2, 0.25) is 0 Å². The molecule has 0 aliphatic heterocycles. The number of hydrogen-bond acceptors (Lipinski definition) is 3. The second-order valence-corrected chi connectivity index (χ2v) is 5.84. The fraction of sp³-hybridized carbons (Fsp3) is 0.562. The molecule has 4 nitrogen and oxygen atoms in total. The molecular formula is C16H24N2O2. The van der Waals surface area contributed by atoms with Crippen LogP contribution in [0.1, 0.15) is 24.8 Å². The van der Waals surface area contributed by atoms with Crippen LogP contribution in [-0.4, -0.2) is 41.7 Å². The summed E-state index contributed by atoms with van der Waals surface area (Å²) in [5, 5.41) is 9.26. The zero-order chi connectivity index (χ0) is 14.5. The second-order valence-electron chi connectivity index (χ2n) is 5.84. The van der Waals surface area contributed by atoms with Crippen molar-refractivity contribution in [2.24, 2.45) is 11.7 Å². The van der Waals surface area contributed by atoms with E-state index in [1.807, 2.05) is 18.2 Å². The van der Waals surface area contributed by atoms with Gasteiger partial charge in [0, 0.05) is 13.6 Å². The molecule has 1 aromatic carbocycles. The third kappa shape index (κ3) is 4.05. The normalized spacial score (nSPS) is 22.9. The molecule has 1 atom stereocenters. The molecule has 4 heteroatoms. The molecule has 1 aliphatic carbocycles. The molecular weight excluding hydrogens is 252 g/mol. The lowest BCUT2D eigenvalue weighted by atomic mass is 9.82. The molecule has 0 aromatic heterocycles. The summed E-state index contributed by atoms with van der Waals surface area (Å²) in [5.74, 6) is 0.433. The van der Waals surface area contributed by atoms with Gasteiger partial charge in [-0.3, -0.25) is 4.79 Å². The minimum atomic E-state index is -0.440. The summed E-state index contributed by atoms with van der Waals surface area (Å²) in [6.07, 6.45) is 2.92. The Balaban J connectivity index is 1.73. The van der Waals surface area contributed by atoms with Gasteiger partial charge < -0.3 is 15.7 Å². The van der Waals surface area contributed by atoms with Gasteiger partial charge in [-0.05, 0) is 37.2 Å². The number of hydrogen-bond donors (Lipinski definition) is 2. The predicted molar refractivity (Wildman–Crippen MR) is 79.1 cm³/mol. The number of aliphatic hydroxyl groups excluding tert-OH is 1. The van der Waals surface area contributed by atoms with Crippen molar-refractivity contribution in [2.45, 2.75) is 37.8 Å². The minimum absolute atomic E-state index is 0.00215. The average molecular weight is 276 g/mol. The first-order chi connectivity index (χ1) is 9.56. The van der Waals surface area contributed by atoms with Crippen LogP contribution in [0.3, 0.4) is 0 Å². The lowest BCUT2D eigenvalue weighted by molar-refractivity contribution is -0.133. The molecule has 1 aromatic rings. The van der Waals surface area contributed by atoms with Crippen molar-refractivity contribution in [3.8, 4) is 0 Å². The number of aliphatic hydroxyl groups is 1. The maximum absolute atomic E-state index is 12.2. The summed E-state index contributed by atoms with van der Waals surface area (Å²) >= 11 is 0. The highest BCUT2D eigenvalue weighted by atomic mass is 16.3. The summed E-state index contributed by atoms with van der Waals surface area (Å²) in [5.41, 5.74) is 7.20. The fourth-order valence-corrected chi connectivity index (χ4v) is 2.70. The van der Waals surface area contributed by atoms with Crippen molar-refractivity contribution in [1.82, 2.24) is 4.90 Å². The molecule has 1 unspecified atom stereocenters. The molecule has 1 saturated carbocycles. The Bertz CT molecular complexity index is 429. The largest absolute Gasteiger partial charge is 0.393 e. The third-order valence-corrected chi connectivity index (χ3v) is 4.02. The fourth-order valence-electron chi connectivity index (χ4n) is 2.70. The van der Waals surface area contributed by atoms with E-state index in [2.05, 4.69) is 12.1 Å². The van der Waals surface area contributed by atoms with Crippen LogP contribution in [0, 0.1) is 5.92 Å². The second kappa shape index (κ2) is 6.86. The molecule has 2 rings (SSSR count). The first-order valence-corrected chi connectivity index (χ1v) is 7.29. The van der Waals surface area contributed by atoms with Gasteiger partial charge in [-0.25, -0.2) is 0 Å². The van der Waals surface area contributed by atoms with Crippen LogP contribution >= 0.6 is 0 Å². The van der Waals surface area contributed by atoms with Crippen LogP contribution in [0.15, 0.2) is 30.3 Å². The van der Waals surface area contributed by atoms with Crippen LogP contribution < -0.4 is 5.73 Å². The number of nitrogens with zero attached hydrogens (tertiary/aromatic N) is 1. The maximum atomic E-state index is 12.2. The smallest absolute Gasteiger partial charge is 0.239 e. The Labute approximate surface area is 120 Å². The number of likely N-dealkylation sites (N-methyl/N-ethyl adjacent to an activating group) is 1. The third-order valence-electron chi connectivity index (χ3n) is 4.02. The molecule has 110 valence electrons. The molecule has 20 heavy (non-hydrogen) atoms. The number of benzene rings is 1. The van der Waals surface area contributed by atoms with Gasteiger partial charge in [0.05, 0.1) is 12.1 Å². The zero-order valence-corrected chi connectivity index (χ0v) is 12.0. The molecule has 1 fully saturated rings. The summed E-state index contributed by atoms with van der Waals surface area (Å²) < 4.78 is 0. The highest BCUT2D eigenvalue weighted by Crippen LogP contribution is 2.27. The Morgan fingerprint density at radius 3 is 2.65 bits per heavy atom. The summed E-state index contributed by atoms with van der Waals surface area (Å²) in [6.45, 7) is 0.703.